The molecule has 0 spiro atoms. The van der Waals surface area contributed by atoms with E-state index in [0.717, 1.165) is 29.5 Å². The predicted octanol–water partition coefficient (Wildman–Crippen LogP) is 2.69. The Kier molecular flexibility index (Phi) is 5.13. The van der Waals surface area contributed by atoms with E-state index in [-0.39, 0.29) is 23.1 Å². The molecule has 2 aliphatic heterocycles. The van der Waals surface area contributed by atoms with Crippen LogP contribution in [-0.2, 0) is 9.59 Å². The van der Waals surface area contributed by atoms with Crippen molar-refractivity contribution in [2.24, 2.45) is 5.92 Å². The summed E-state index contributed by atoms with van der Waals surface area (Å²) in [4.78, 5) is 40.0. The van der Waals surface area contributed by atoms with Gasteiger partial charge in [0.1, 0.15) is 12.3 Å². The van der Waals surface area contributed by atoms with Gasteiger partial charge in [0.2, 0.25) is 5.91 Å². The molecule has 2 saturated heterocycles. The van der Waals surface area contributed by atoms with Crippen LogP contribution in [0.5, 0.6) is 5.75 Å². The first kappa shape index (κ1) is 17.5. The van der Waals surface area contributed by atoms with E-state index >= 15 is 0 Å². The van der Waals surface area contributed by atoms with Gasteiger partial charge in [0, 0.05) is 13.1 Å². The number of piperidine rings is 1. The molecular weight excluding hydrogens is 340 g/mol. The summed E-state index contributed by atoms with van der Waals surface area (Å²) in [6.45, 7) is 3.32. The molecule has 0 unspecified atom stereocenters. The molecule has 6 nitrogen and oxygen atoms in total. The van der Waals surface area contributed by atoms with Crippen LogP contribution in [0.1, 0.15) is 25.3 Å². The van der Waals surface area contributed by atoms with Crippen molar-refractivity contribution in [3.05, 3.63) is 34.7 Å². The molecule has 0 aliphatic carbocycles. The third-order valence-electron chi connectivity index (χ3n) is 4.49. The molecule has 132 valence electrons. The van der Waals surface area contributed by atoms with Gasteiger partial charge in [-0.15, -0.1) is 0 Å². The number of carbonyl (C=O) groups excluding carboxylic acids is 3. The SMILES string of the molecule is CC1CCN(C(=O)CN2C(=O)S/C(=C/c3ccc(O)cc3)C2=O)CC1. The van der Waals surface area contributed by atoms with Crippen LogP contribution in [0.4, 0.5) is 4.79 Å². The van der Waals surface area contributed by atoms with E-state index in [1.807, 2.05) is 0 Å². The Morgan fingerprint density at radius 3 is 2.52 bits per heavy atom. The Morgan fingerprint density at radius 1 is 1.24 bits per heavy atom. The van der Waals surface area contributed by atoms with Gasteiger partial charge in [-0.3, -0.25) is 19.3 Å². The number of aromatic hydroxyl groups is 1. The highest BCUT2D eigenvalue weighted by Gasteiger charge is 2.37. The maximum atomic E-state index is 12.5. The zero-order chi connectivity index (χ0) is 18.0. The molecule has 1 aromatic rings. The average Bonchev–Trinajstić information content (AvgIpc) is 2.85. The molecule has 2 fully saturated rings. The molecule has 0 radical (unpaired) electrons. The lowest BCUT2D eigenvalue weighted by Gasteiger charge is -2.31. The summed E-state index contributed by atoms with van der Waals surface area (Å²) in [5.41, 5.74) is 0.708. The van der Waals surface area contributed by atoms with Crippen molar-refractivity contribution in [1.82, 2.24) is 9.80 Å². The molecule has 7 heteroatoms. The normalized spacial score (nSPS) is 20.6. The molecule has 0 atom stereocenters. The fraction of sp³-hybridized carbons (Fsp3) is 0.389. The fourth-order valence-corrected chi connectivity index (χ4v) is 3.69. The second-order valence-electron chi connectivity index (χ2n) is 6.42. The van der Waals surface area contributed by atoms with Crippen molar-refractivity contribution < 1.29 is 19.5 Å². The Labute approximate surface area is 150 Å². The summed E-state index contributed by atoms with van der Waals surface area (Å²) in [6.07, 6.45) is 3.50. The van der Waals surface area contributed by atoms with E-state index in [4.69, 9.17) is 0 Å². The lowest BCUT2D eigenvalue weighted by Crippen LogP contribution is -2.45. The van der Waals surface area contributed by atoms with Crippen LogP contribution in [0.15, 0.2) is 29.2 Å². The highest BCUT2D eigenvalue weighted by molar-refractivity contribution is 8.18. The summed E-state index contributed by atoms with van der Waals surface area (Å²) < 4.78 is 0. The summed E-state index contributed by atoms with van der Waals surface area (Å²) in [5, 5.41) is 8.87. The monoisotopic (exact) mass is 360 g/mol. The fourth-order valence-electron chi connectivity index (χ4n) is 2.85. The lowest BCUT2D eigenvalue weighted by atomic mass is 9.99. The third-order valence-corrected chi connectivity index (χ3v) is 5.40. The highest BCUT2D eigenvalue weighted by Crippen LogP contribution is 2.32. The molecular formula is C18H20N2O4S. The third kappa shape index (κ3) is 4.04. The van der Waals surface area contributed by atoms with Crippen LogP contribution in [0.2, 0.25) is 0 Å². The second-order valence-corrected chi connectivity index (χ2v) is 7.42. The van der Waals surface area contributed by atoms with Gasteiger partial charge < -0.3 is 10.0 Å². The van der Waals surface area contributed by atoms with Crippen LogP contribution in [-0.4, -0.2) is 51.6 Å². The van der Waals surface area contributed by atoms with Gasteiger partial charge in [-0.2, -0.15) is 0 Å². The van der Waals surface area contributed by atoms with Gasteiger partial charge in [0.05, 0.1) is 4.91 Å². The van der Waals surface area contributed by atoms with Crippen molar-refractivity contribution >= 4 is 34.9 Å². The molecule has 0 bridgehead atoms. The van der Waals surface area contributed by atoms with E-state index in [1.165, 1.54) is 12.1 Å². The van der Waals surface area contributed by atoms with Gasteiger partial charge in [-0.1, -0.05) is 19.1 Å². The number of benzene rings is 1. The second kappa shape index (κ2) is 7.31. The largest absolute Gasteiger partial charge is 0.508 e. The standard InChI is InChI=1S/C18H20N2O4S/c1-12-6-8-19(9-7-12)16(22)11-20-17(23)15(25-18(20)24)10-13-2-4-14(21)5-3-13/h2-5,10,12,21H,6-9,11H2,1H3/b15-10+. The summed E-state index contributed by atoms with van der Waals surface area (Å²) >= 11 is 0.835. The van der Waals surface area contributed by atoms with Crippen molar-refractivity contribution in [3.8, 4) is 5.75 Å². The Hall–Kier alpha value is -2.28. The van der Waals surface area contributed by atoms with Crippen LogP contribution in [0, 0.1) is 5.92 Å². The Balaban J connectivity index is 1.67. The molecule has 3 amide bonds. The number of nitrogens with zero attached hydrogens (tertiary/aromatic N) is 2. The van der Waals surface area contributed by atoms with E-state index in [1.54, 1.807) is 23.1 Å². The number of carbonyl (C=O) groups is 3. The molecule has 0 aromatic heterocycles. The molecule has 3 rings (SSSR count). The van der Waals surface area contributed by atoms with E-state index in [9.17, 15) is 19.5 Å². The topological polar surface area (TPSA) is 77.9 Å². The number of phenols is 1. The van der Waals surface area contributed by atoms with Gasteiger partial charge in [-0.05, 0) is 54.3 Å². The minimum absolute atomic E-state index is 0.131. The van der Waals surface area contributed by atoms with Gasteiger partial charge in [0.25, 0.3) is 11.1 Å². The van der Waals surface area contributed by atoms with Gasteiger partial charge in [-0.25, -0.2) is 0 Å². The molecule has 0 saturated carbocycles. The van der Waals surface area contributed by atoms with Gasteiger partial charge >= 0.3 is 0 Å². The quantitative estimate of drug-likeness (QED) is 0.839. The Bertz CT molecular complexity index is 721. The zero-order valence-electron chi connectivity index (χ0n) is 14.0. The van der Waals surface area contributed by atoms with E-state index < -0.39 is 11.1 Å². The summed E-state index contributed by atoms with van der Waals surface area (Å²) in [5.74, 6) is 0.114. The maximum absolute atomic E-state index is 12.5. The van der Waals surface area contributed by atoms with Crippen LogP contribution in [0.25, 0.3) is 6.08 Å². The predicted molar refractivity (Wildman–Crippen MR) is 95.8 cm³/mol. The van der Waals surface area contributed by atoms with Crippen LogP contribution in [0.3, 0.4) is 0 Å². The zero-order valence-corrected chi connectivity index (χ0v) is 14.8. The minimum atomic E-state index is -0.443. The minimum Gasteiger partial charge on any atom is -0.508 e. The number of rotatable bonds is 3. The number of hydrogen-bond donors (Lipinski definition) is 1. The lowest BCUT2D eigenvalue weighted by molar-refractivity contribution is -0.136. The van der Waals surface area contributed by atoms with Crippen molar-refractivity contribution in [2.45, 2.75) is 19.8 Å². The average molecular weight is 360 g/mol. The molecule has 2 aliphatic rings. The molecule has 1 aromatic carbocycles. The number of thioether (sulfide) groups is 1. The number of imide groups is 1. The van der Waals surface area contributed by atoms with Crippen LogP contribution >= 0.6 is 11.8 Å². The van der Waals surface area contributed by atoms with Gasteiger partial charge in [0.15, 0.2) is 0 Å². The van der Waals surface area contributed by atoms with Crippen molar-refractivity contribution in [2.75, 3.05) is 19.6 Å². The number of hydrogen-bond acceptors (Lipinski definition) is 5. The summed E-state index contributed by atoms with van der Waals surface area (Å²) in [6, 6.07) is 6.33. The number of likely N-dealkylation sites (tertiary alicyclic amines) is 1. The highest BCUT2D eigenvalue weighted by atomic mass is 32.2. The van der Waals surface area contributed by atoms with Crippen molar-refractivity contribution in [1.29, 1.82) is 0 Å². The smallest absolute Gasteiger partial charge is 0.294 e. The number of phenolic OH excluding ortho intramolecular Hbond substituents is 1. The van der Waals surface area contributed by atoms with Crippen molar-refractivity contribution in [3.63, 3.8) is 0 Å². The first-order valence-electron chi connectivity index (χ1n) is 8.26. The number of amides is 3. The first-order valence-corrected chi connectivity index (χ1v) is 9.08. The Morgan fingerprint density at radius 2 is 1.88 bits per heavy atom. The van der Waals surface area contributed by atoms with E-state index in [2.05, 4.69) is 6.92 Å². The molecule has 2 heterocycles. The maximum Gasteiger partial charge on any atom is 0.294 e. The molecule has 1 N–H and O–H groups in total. The van der Waals surface area contributed by atoms with Crippen LogP contribution < -0.4 is 0 Å². The first-order chi connectivity index (χ1) is 11.9. The summed E-state index contributed by atoms with van der Waals surface area (Å²) in [7, 11) is 0. The molecule has 25 heavy (non-hydrogen) atoms. The van der Waals surface area contributed by atoms with E-state index in [0.29, 0.717) is 24.6 Å².